The third-order valence-electron chi connectivity index (χ3n) is 4.63. The molecule has 1 atom stereocenters. The van der Waals surface area contributed by atoms with Gasteiger partial charge in [-0.05, 0) is 32.8 Å². The lowest BCUT2D eigenvalue weighted by Gasteiger charge is -2.25. The predicted molar refractivity (Wildman–Crippen MR) is 108 cm³/mol. The Morgan fingerprint density at radius 1 is 1.23 bits per heavy atom. The first-order valence-corrected chi connectivity index (χ1v) is 9.61. The number of nitrogens with one attached hydrogen (secondary N) is 2. The summed E-state index contributed by atoms with van der Waals surface area (Å²) in [5.74, 6) is 0.285. The quantitative estimate of drug-likeness (QED) is 0.560. The number of H-pyrrole nitrogens is 1. The molecule has 3 heterocycles. The number of hydrogen-bond acceptors (Lipinski definition) is 8. The highest BCUT2D eigenvalue weighted by Crippen LogP contribution is 2.36. The van der Waals surface area contributed by atoms with E-state index >= 15 is 0 Å². The number of benzene rings is 1. The van der Waals surface area contributed by atoms with Gasteiger partial charge in [-0.25, -0.2) is 8.78 Å². The molecule has 0 amide bonds. The average molecular weight is 416 g/mol. The van der Waals surface area contributed by atoms with E-state index in [1.54, 1.807) is 6.07 Å². The summed E-state index contributed by atoms with van der Waals surface area (Å²) in [5, 5.41) is 9.82. The van der Waals surface area contributed by atoms with Gasteiger partial charge < -0.3 is 20.7 Å². The van der Waals surface area contributed by atoms with E-state index in [-0.39, 0.29) is 24.0 Å². The van der Waals surface area contributed by atoms with Gasteiger partial charge in [-0.2, -0.15) is 15.0 Å². The Bertz CT molecular complexity index is 1040. The molecule has 0 spiro atoms. The van der Waals surface area contributed by atoms with Crippen molar-refractivity contribution in [1.82, 2.24) is 25.1 Å². The largest absolute Gasteiger partial charge is 0.474 e. The van der Waals surface area contributed by atoms with Crippen LogP contribution in [0.25, 0.3) is 0 Å². The van der Waals surface area contributed by atoms with Gasteiger partial charge in [0.05, 0.1) is 12.1 Å². The molecule has 0 aliphatic carbocycles. The molecule has 0 bridgehead atoms. The molecule has 1 saturated heterocycles. The van der Waals surface area contributed by atoms with Gasteiger partial charge in [0.15, 0.2) is 0 Å². The van der Waals surface area contributed by atoms with E-state index in [9.17, 15) is 8.78 Å². The van der Waals surface area contributed by atoms with E-state index in [0.29, 0.717) is 36.2 Å². The van der Waals surface area contributed by atoms with Crippen LogP contribution in [0.2, 0.25) is 0 Å². The zero-order chi connectivity index (χ0) is 21.3. The number of hydrogen-bond donors (Lipinski definition) is 3. The second kappa shape index (κ2) is 8.09. The summed E-state index contributed by atoms with van der Waals surface area (Å²) in [7, 11) is 0. The molecule has 11 heteroatoms. The summed E-state index contributed by atoms with van der Waals surface area (Å²) in [4.78, 5) is 14.6. The van der Waals surface area contributed by atoms with E-state index in [0.717, 1.165) is 12.5 Å². The number of aromatic amines is 1. The minimum absolute atomic E-state index is 0.0143. The topological polar surface area (TPSA) is 118 Å². The Morgan fingerprint density at radius 2 is 2.07 bits per heavy atom. The highest BCUT2D eigenvalue weighted by molar-refractivity contribution is 5.53. The van der Waals surface area contributed by atoms with Crippen molar-refractivity contribution in [1.29, 1.82) is 0 Å². The lowest BCUT2D eigenvalue weighted by molar-refractivity contribution is 0.232. The standard InChI is InChI=1S/C19H22F2N8O/c1-10(2)30-16-9-15(27-28-16)23-18-24-17(22)25-19(26-18)29-7-3-4-14(29)12-6-5-11(20)8-13(12)21/h5-6,8-10,14H,3-4,7H2,1-2H3,(H4,22,23,24,25,26,27,28). The second-order valence-corrected chi connectivity index (χ2v) is 7.25. The van der Waals surface area contributed by atoms with Crippen LogP contribution in [0.4, 0.5) is 32.4 Å². The van der Waals surface area contributed by atoms with Crippen LogP contribution < -0.4 is 20.7 Å². The number of aromatic nitrogens is 5. The highest BCUT2D eigenvalue weighted by Gasteiger charge is 2.31. The molecular weight excluding hydrogens is 394 g/mol. The molecule has 30 heavy (non-hydrogen) atoms. The summed E-state index contributed by atoms with van der Waals surface area (Å²) >= 11 is 0. The molecule has 3 aromatic rings. The fraction of sp³-hybridized carbons (Fsp3) is 0.368. The van der Waals surface area contributed by atoms with Gasteiger partial charge in [-0.3, -0.25) is 5.10 Å². The van der Waals surface area contributed by atoms with Gasteiger partial charge in [0.1, 0.15) is 17.5 Å². The molecule has 1 aliphatic heterocycles. The third kappa shape index (κ3) is 4.24. The summed E-state index contributed by atoms with van der Waals surface area (Å²) in [6.45, 7) is 4.41. The van der Waals surface area contributed by atoms with Crippen LogP contribution in [0, 0.1) is 11.6 Å². The molecule has 4 N–H and O–H groups in total. The van der Waals surface area contributed by atoms with E-state index in [2.05, 4.69) is 30.5 Å². The number of ether oxygens (including phenoxy) is 1. The lowest BCUT2D eigenvalue weighted by atomic mass is 10.0. The van der Waals surface area contributed by atoms with Crippen molar-refractivity contribution in [2.45, 2.75) is 38.8 Å². The molecular formula is C19H22F2N8O. The van der Waals surface area contributed by atoms with Gasteiger partial charge in [0.25, 0.3) is 0 Å². The van der Waals surface area contributed by atoms with Crippen molar-refractivity contribution in [3.8, 4) is 5.88 Å². The lowest BCUT2D eigenvalue weighted by Crippen LogP contribution is -2.26. The summed E-state index contributed by atoms with van der Waals surface area (Å²) in [5.41, 5.74) is 6.28. The maximum Gasteiger partial charge on any atom is 0.234 e. The Morgan fingerprint density at radius 3 is 2.83 bits per heavy atom. The first-order chi connectivity index (χ1) is 14.4. The minimum Gasteiger partial charge on any atom is -0.474 e. The average Bonchev–Trinajstić information content (AvgIpc) is 3.30. The summed E-state index contributed by atoms with van der Waals surface area (Å²) in [6, 6.07) is 4.94. The number of nitrogens with zero attached hydrogens (tertiary/aromatic N) is 5. The molecule has 9 nitrogen and oxygen atoms in total. The first-order valence-electron chi connectivity index (χ1n) is 9.61. The van der Waals surface area contributed by atoms with Crippen LogP contribution in [0.3, 0.4) is 0 Å². The van der Waals surface area contributed by atoms with E-state index in [1.807, 2.05) is 18.7 Å². The Hall–Kier alpha value is -3.50. The second-order valence-electron chi connectivity index (χ2n) is 7.25. The van der Waals surface area contributed by atoms with Crippen LogP contribution >= 0.6 is 0 Å². The molecule has 1 fully saturated rings. The normalized spacial score (nSPS) is 16.3. The maximum absolute atomic E-state index is 14.4. The van der Waals surface area contributed by atoms with Crippen molar-refractivity contribution in [3.63, 3.8) is 0 Å². The van der Waals surface area contributed by atoms with Crippen LogP contribution in [-0.2, 0) is 0 Å². The van der Waals surface area contributed by atoms with Crippen molar-refractivity contribution in [2.24, 2.45) is 0 Å². The molecule has 1 aliphatic rings. The number of halogens is 2. The van der Waals surface area contributed by atoms with E-state index in [1.165, 1.54) is 12.1 Å². The van der Waals surface area contributed by atoms with Crippen molar-refractivity contribution < 1.29 is 13.5 Å². The summed E-state index contributed by atoms with van der Waals surface area (Å²) < 4.78 is 33.2. The maximum atomic E-state index is 14.4. The third-order valence-corrected chi connectivity index (χ3v) is 4.63. The highest BCUT2D eigenvalue weighted by atomic mass is 19.1. The van der Waals surface area contributed by atoms with Crippen molar-refractivity contribution >= 4 is 23.7 Å². The van der Waals surface area contributed by atoms with Gasteiger partial charge in [-0.1, -0.05) is 6.07 Å². The smallest absolute Gasteiger partial charge is 0.234 e. The number of rotatable bonds is 6. The monoisotopic (exact) mass is 416 g/mol. The van der Waals surface area contributed by atoms with Crippen molar-refractivity contribution in [3.05, 3.63) is 41.5 Å². The molecule has 0 radical (unpaired) electrons. The van der Waals surface area contributed by atoms with Gasteiger partial charge in [0, 0.05) is 24.2 Å². The molecule has 4 rings (SSSR count). The van der Waals surface area contributed by atoms with Crippen LogP contribution in [0.15, 0.2) is 24.3 Å². The van der Waals surface area contributed by atoms with Crippen LogP contribution in [0.1, 0.15) is 38.3 Å². The van der Waals surface area contributed by atoms with E-state index < -0.39 is 11.6 Å². The molecule has 1 unspecified atom stereocenters. The number of nitrogens with two attached hydrogens (primary N) is 1. The molecule has 0 saturated carbocycles. The molecule has 158 valence electrons. The first kappa shape index (κ1) is 19.8. The zero-order valence-electron chi connectivity index (χ0n) is 16.6. The van der Waals surface area contributed by atoms with Crippen molar-refractivity contribution in [2.75, 3.05) is 22.5 Å². The Labute approximate surface area is 171 Å². The Balaban J connectivity index is 1.58. The summed E-state index contributed by atoms with van der Waals surface area (Å²) in [6.07, 6.45) is 1.49. The fourth-order valence-electron chi connectivity index (χ4n) is 3.46. The van der Waals surface area contributed by atoms with Gasteiger partial charge in [0.2, 0.25) is 23.7 Å². The number of nitrogen functional groups attached to an aromatic ring is 1. The fourth-order valence-corrected chi connectivity index (χ4v) is 3.46. The predicted octanol–water partition coefficient (Wildman–Crippen LogP) is 3.33. The molecule has 2 aromatic heterocycles. The van der Waals surface area contributed by atoms with Crippen LogP contribution in [0.5, 0.6) is 5.88 Å². The number of anilines is 4. The zero-order valence-corrected chi connectivity index (χ0v) is 16.6. The SMILES string of the molecule is CC(C)Oc1cc(Nc2nc(N)nc(N3CCCC3c3ccc(F)cc3F)n2)[nH]n1. The Kier molecular flexibility index (Phi) is 5.34. The van der Waals surface area contributed by atoms with Gasteiger partial charge >= 0.3 is 0 Å². The minimum atomic E-state index is -0.614. The van der Waals surface area contributed by atoms with Gasteiger partial charge in [-0.15, -0.1) is 5.10 Å². The molecule has 1 aromatic carbocycles. The van der Waals surface area contributed by atoms with E-state index in [4.69, 9.17) is 10.5 Å². The van der Waals surface area contributed by atoms with Crippen LogP contribution in [-0.4, -0.2) is 37.8 Å².